The van der Waals surface area contributed by atoms with Crippen molar-refractivity contribution in [3.63, 3.8) is 0 Å². The van der Waals surface area contributed by atoms with Gasteiger partial charge in [-0.3, -0.25) is 4.79 Å². The van der Waals surface area contributed by atoms with Crippen molar-refractivity contribution in [2.45, 2.75) is 20.5 Å². The highest BCUT2D eigenvalue weighted by Gasteiger charge is 2.22. The van der Waals surface area contributed by atoms with Crippen LogP contribution in [0.2, 0.25) is 0 Å². The minimum absolute atomic E-state index is 0.164. The van der Waals surface area contributed by atoms with E-state index in [9.17, 15) is 9.90 Å². The van der Waals surface area contributed by atoms with E-state index in [2.05, 4.69) is 5.32 Å². The monoisotopic (exact) mass is 423 g/mol. The molecule has 0 saturated carbocycles. The lowest BCUT2D eigenvalue weighted by atomic mass is 9.89. The summed E-state index contributed by atoms with van der Waals surface area (Å²) in [6, 6.07) is 11.1. The van der Waals surface area contributed by atoms with E-state index in [0.29, 0.717) is 47.3 Å². The Morgan fingerprint density at radius 3 is 2.42 bits per heavy atom. The lowest BCUT2D eigenvalue weighted by molar-refractivity contribution is 0.0960. The van der Waals surface area contributed by atoms with Gasteiger partial charge in [-0.15, -0.1) is 0 Å². The summed E-state index contributed by atoms with van der Waals surface area (Å²) in [6.07, 6.45) is 0. The molecular weight excluding hydrogens is 398 g/mol. The summed E-state index contributed by atoms with van der Waals surface area (Å²) in [4.78, 5) is 12.7. The van der Waals surface area contributed by atoms with Gasteiger partial charge >= 0.3 is 0 Å². The maximum Gasteiger partial charge on any atom is 0.251 e. The Bertz CT molecular complexity index is 1140. The number of carbonyl (C=O) groups excluding carboxylic acids is 1. The maximum atomic E-state index is 12.7. The fraction of sp³-hybridized carbons (Fsp3) is 0.292. The molecule has 1 amide bonds. The molecule has 31 heavy (non-hydrogen) atoms. The molecule has 7 nitrogen and oxygen atoms in total. The van der Waals surface area contributed by atoms with Crippen LogP contribution in [-0.2, 0) is 6.61 Å². The van der Waals surface area contributed by atoms with Crippen molar-refractivity contribution in [1.82, 2.24) is 5.32 Å². The maximum absolute atomic E-state index is 12.7. The average molecular weight is 423 g/mol. The van der Waals surface area contributed by atoms with Crippen molar-refractivity contribution < 1.29 is 28.8 Å². The van der Waals surface area contributed by atoms with Crippen LogP contribution in [0.5, 0.6) is 23.0 Å². The SMILES string of the molecule is CCOc1cc2cc(C(=O)NC)c(CO)c(-c3ccc4c(c3)OCO4)c2cc1OCC. The Labute approximate surface area is 180 Å². The smallest absolute Gasteiger partial charge is 0.251 e. The molecule has 0 aliphatic carbocycles. The fourth-order valence-corrected chi connectivity index (χ4v) is 3.87. The molecule has 2 N–H and O–H groups in total. The number of aliphatic hydroxyl groups is 1. The molecule has 3 aromatic carbocycles. The van der Waals surface area contributed by atoms with Gasteiger partial charge in [-0.05, 0) is 71.6 Å². The molecule has 7 heteroatoms. The van der Waals surface area contributed by atoms with Crippen molar-refractivity contribution >= 4 is 16.7 Å². The zero-order valence-corrected chi connectivity index (χ0v) is 17.8. The molecule has 1 aliphatic rings. The van der Waals surface area contributed by atoms with Gasteiger partial charge < -0.3 is 29.4 Å². The summed E-state index contributed by atoms with van der Waals surface area (Å²) in [5.74, 6) is 2.22. The second-order valence-electron chi connectivity index (χ2n) is 6.97. The predicted octanol–water partition coefficient (Wildman–Crippen LogP) is 3.88. The van der Waals surface area contributed by atoms with E-state index in [0.717, 1.165) is 21.9 Å². The molecule has 4 rings (SSSR count). The summed E-state index contributed by atoms with van der Waals surface area (Å²) in [6.45, 7) is 4.64. The zero-order chi connectivity index (χ0) is 22.0. The molecule has 0 saturated heterocycles. The quantitative estimate of drug-likeness (QED) is 0.600. The van der Waals surface area contributed by atoms with E-state index >= 15 is 0 Å². The van der Waals surface area contributed by atoms with Crippen LogP contribution in [0.4, 0.5) is 0 Å². The molecule has 0 radical (unpaired) electrons. The van der Waals surface area contributed by atoms with Gasteiger partial charge in [-0.25, -0.2) is 0 Å². The van der Waals surface area contributed by atoms with Crippen LogP contribution in [0.25, 0.3) is 21.9 Å². The number of benzene rings is 3. The van der Waals surface area contributed by atoms with Gasteiger partial charge in [0.05, 0.1) is 19.8 Å². The van der Waals surface area contributed by atoms with E-state index in [1.807, 2.05) is 44.2 Å². The zero-order valence-electron chi connectivity index (χ0n) is 17.8. The Kier molecular flexibility index (Phi) is 5.86. The lowest BCUT2D eigenvalue weighted by Gasteiger charge is -2.19. The normalized spacial score (nSPS) is 12.1. The predicted molar refractivity (Wildman–Crippen MR) is 117 cm³/mol. The summed E-state index contributed by atoms with van der Waals surface area (Å²) >= 11 is 0. The number of rotatable bonds is 7. The summed E-state index contributed by atoms with van der Waals surface area (Å²) in [7, 11) is 1.57. The lowest BCUT2D eigenvalue weighted by Crippen LogP contribution is -2.20. The van der Waals surface area contributed by atoms with E-state index in [1.165, 1.54) is 0 Å². The molecule has 1 heterocycles. The second-order valence-corrected chi connectivity index (χ2v) is 6.97. The summed E-state index contributed by atoms with van der Waals surface area (Å²) < 4.78 is 22.6. The Hall–Kier alpha value is -3.45. The van der Waals surface area contributed by atoms with Crippen LogP contribution in [0.3, 0.4) is 0 Å². The number of nitrogens with one attached hydrogen (secondary N) is 1. The van der Waals surface area contributed by atoms with E-state index in [1.54, 1.807) is 13.1 Å². The number of hydrogen-bond acceptors (Lipinski definition) is 6. The van der Waals surface area contributed by atoms with Gasteiger partial charge in [0.15, 0.2) is 23.0 Å². The molecule has 0 fully saturated rings. The highest BCUT2D eigenvalue weighted by molar-refractivity contribution is 6.08. The van der Waals surface area contributed by atoms with Gasteiger partial charge in [0.1, 0.15) is 0 Å². The molecule has 1 aliphatic heterocycles. The highest BCUT2D eigenvalue weighted by atomic mass is 16.7. The first-order chi connectivity index (χ1) is 15.1. The van der Waals surface area contributed by atoms with E-state index in [-0.39, 0.29) is 19.3 Å². The highest BCUT2D eigenvalue weighted by Crippen LogP contribution is 2.43. The Morgan fingerprint density at radius 1 is 1.03 bits per heavy atom. The molecule has 0 bridgehead atoms. The minimum atomic E-state index is -0.306. The second kappa shape index (κ2) is 8.73. The van der Waals surface area contributed by atoms with Crippen LogP contribution in [0.1, 0.15) is 29.8 Å². The van der Waals surface area contributed by atoms with Crippen molar-refractivity contribution in [2.75, 3.05) is 27.1 Å². The molecule has 0 aromatic heterocycles. The van der Waals surface area contributed by atoms with Gasteiger partial charge in [-0.2, -0.15) is 0 Å². The third kappa shape index (κ3) is 3.72. The summed E-state index contributed by atoms with van der Waals surface area (Å²) in [5, 5.41) is 14.6. The average Bonchev–Trinajstić information content (AvgIpc) is 3.26. The molecule has 162 valence electrons. The number of amides is 1. The largest absolute Gasteiger partial charge is 0.490 e. The number of ether oxygens (including phenoxy) is 4. The third-order valence-corrected chi connectivity index (χ3v) is 5.20. The number of carbonyl (C=O) groups is 1. The Morgan fingerprint density at radius 2 is 1.74 bits per heavy atom. The van der Waals surface area contributed by atoms with Crippen LogP contribution in [-0.4, -0.2) is 38.1 Å². The number of aliphatic hydroxyl groups excluding tert-OH is 1. The van der Waals surface area contributed by atoms with Crippen molar-refractivity contribution in [3.05, 3.63) is 47.5 Å². The Balaban J connectivity index is 2.06. The topological polar surface area (TPSA) is 86.3 Å². The fourth-order valence-electron chi connectivity index (χ4n) is 3.87. The molecular formula is C24H25NO6. The van der Waals surface area contributed by atoms with E-state index in [4.69, 9.17) is 18.9 Å². The molecule has 0 unspecified atom stereocenters. The molecule has 0 atom stereocenters. The van der Waals surface area contributed by atoms with Crippen LogP contribution < -0.4 is 24.3 Å². The first-order valence-electron chi connectivity index (χ1n) is 10.2. The van der Waals surface area contributed by atoms with Crippen LogP contribution >= 0.6 is 0 Å². The van der Waals surface area contributed by atoms with Crippen LogP contribution in [0.15, 0.2) is 36.4 Å². The van der Waals surface area contributed by atoms with E-state index < -0.39 is 0 Å². The van der Waals surface area contributed by atoms with Crippen LogP contribution in [0, 0.1) is 0 Å². The van der Waals surface area contributed by atoms with Crippen molar-refractivity contribution in [3.8, 4) is 34.1 Å². The number of hydrogen-bond donors (Lipinski definition) is 2. The van der Waals surface area contributed by atoms with Gasteiger partial charge in [0.25, 0.3) is 5.91 Å². The van der Waals surface area contributed by atoms with Crippen molar-refractivity contribution in [1.29, 1.82) is 0 Å². The summed E-state index contributed by atoms with van der Waals surface area (Å²) in [5.41, 5.74) is 2.46. The van der Waals surface area contributed by atoms with Crippen molar-refractivity contribution in [2.24, 2.45) is 0 Å². The number of fused-ring (bicyclic) bond motifs is 2. The van der Waals surface area contributed by atoms with Gasteiger partial charge in [0, 0.05) is 12.6 Å². The molecule has 3 aromatic rings. The van der Waals surface area contributed by atoms with Gasteiger partial charge in [0.2, 0.25) is 6.79 Å². The standard InChI is InChI=1S/C24H25NO6/c1-4-28-21-10-15-8-17(24(27)25-3)18(12-26)23(16(15)11-22(21)29-5-2)14-6-7-19-20(9-14)31-13-30-19/h6-11,26H,4-5,12-13H2,1-3H3,(H,25,27). The first kappa shape index (κ1) is 20.8. The third-order valence-electron chi connectivity index (χ3n) is 5.20. The first-order valence-corrected chi connectivity index (χ1v) is 10.2. The van der Waals surface area contributed by atoms with Gasteiger partial charge in [-0.1, -0.05) is 6.07 Å². The minimum Gasteiger partial charge on any atom is -0.490 e. The molecule has 0 spiro atoms.